The molecule has 0 aromatic carbocycles. The highest BCUT2D eigenvalue weighted by Gasteiger charge is 2.31. The van der Waals surface area contributed by atoms with E-state index in [1.54, 1.807) is 13.8 Å². The molecule has 114 valence electrons. The Bertz CT molecular complexity index is 276. The van der Waals surface area contributed by atoms with Crippen molar-refractivity contribution in [3.63, 3.8) is 0 Å². The van der Waals surface area contributed by atoms with Gasteiger partial charge in [0.1, 0.15) is 24.4 Å². The van der Waals surface area contributed by atoms with Crippen LogP contribution in [0.4, 0.5) is 4.79 Å². The predicted octanol–water partition coefficient (Wildman–Crippen LogP) is -2.53. The van der Waals surface area contributed by atoms with Crippen molar-refractivity contribution in [2.24, 2.45) is 0 Å². The van der Waals surface area contributed by atoms with Crippen molar-refractivity contribution in [1.82, 2.24) is 10.2 Å². The maximum Gasteiger partial charge on any atom is 0.317 e. The molecule has 0 fully saturated rings. The van der Waals surface area contributed by atoms with E-state index in [1.807, 2.05) is 0 Å². The molecule has 0 aliphatic rings. The third kappa shape index (κ3) is 6.17. The van der Waals surface area contributed by atoms with Crippen LogP contribution in [-0.2, 0) is 0 Å². The third-order valence-electron chi connectivity index (χ3n) is 2.55. The normalized spacial score (nSPS) is 17.7. The fourth-order valence-electron chi connectivity index (χ4n) is 1.39. The van der Waals surface area contributed by atoms with E-state index in [-0.39, 0.29) is 12.6 Å². The van der Waals surface area contributed by atoms with Crippen LogP contribution in [0.5, 0.6) is 0 Å². The number of carbonyl (C=O) groups is 1. The number of nitrogens with one attached hydrogen (secondary N) is 1. The second kappa shape index (κ2) is 8.28. The van der Waals surface area contributed by atoms with E-state index in [9.17, 15) is 20.1 Å². The fourth-order valence-corrected chi connectivity index (χ4v) is 1.39. The van der Waals surface area contributed by atoms with Gasteiger partial charge in [0.05, 0.1) is 13.2 Å². The number of hydrogen-bond acceptors (Lipinski definition) is 6. The van der Waals surface area contributed by atoms with Crippen molar-refractivity contribution in [2.45, 2.75) is 44.3 Å². The Labute approximate surface area is 112 Å². The molecule has 4 atom stereocenters. The number of aliphatic hydroxyl groups is 5. The minimum absolute atomic E-state index is 0.0705. The van der Waals surface area contributed by atoms with Gasteiger partial charge in [-0.2, -0.15) is 0 Å². The molecular weight excluding hydrogens is 256 g/mol. The average molecular weight is 280 g/mol. The van der Waals surface area contributed by atoms with E-state index < -0.39 is 37.1 Å². The molecule has 19 heavy (non-hydrogen) atoms. The van der Waals surface area contributed by atoms with Crippen molar-refractivity contribution < 1.29 is 30.3 Å². The van der Waals surface area contributed by atoms with Crippen molar-refractivity contribution in [3.05, 3.63) is 0 Å². The molecule has 0 unspecified atom stereocenters. The summed E-state index contributed by atoms with van der Waals surface area (Å²) in [4.78, 5) is 12.7. The molecule has 0 aromatic heterocycles. The van der Waals surface area contributed by atoms with Crippen LogP contribution in [0.25, 0.3) is 0 Å². The largest absolute Gasteiger partial charge is 0.394 e. The molecule has 0 radical (unpaired) electrons. The van der Waals surface area contributed by atoms with Gasteiger partial charge in [-0.05, 0) is 13.8 Å². The zero-order valence-corrected chi connectivity index (χ0v) is 11.4. The number of rotatable bonds is 7. The molecule has 0 aromatic rings. The second-order valence-electron chi connectivity index (χ2n) is 4.78. The molecule has 0 spiro atoms. The van der Waals surface area contributed by atoms with Crippen LogP contribution < -0.4 is 5.32 Å². The lowest BCUT2D eigenvalue weighted by Gasteiger charge is -2.29. The van der Waals surface area contributed by atoms with E-state index in [1.165, 1.54) is 7.05 Å². The summed E-state index contributed by atoms with van der Waals surface area (Å²) < 4.78 is 0. The lowest BCUT2D eigenvalue weighted by molar-refractivity contribution is -0.117. The number of carbonyl (C=O) groups excluding carboxylic acids is 1. The molecule has 8 heteroatoms. The Morgan fingerprint density at radius 1 is 1.11 bits per heavy atom. The molecule has 8 nitrogen and oxygen atoms in total. The summed E-state index contributed by atoms with van der Waals surface area (Å²) in [5.41, 5.74) is 0. The van der Waals surface area contributed by atoms with Crippen LogP contribution in [0.15, 0.2) is 0 Å². The lowest BCUT2D eigenvalue weighted by atomic mass is 10.0. The lowest BCUT2D eigenvalue weighted by Crippen LogP contribution is -2.51. The van der Waals surface area contributed by atoms with E-state index in [2.05, 4.69) is 5.32 Å². The molecule has 0 saturated heterocycles. The van der Waals surface area contributed by atoms with Gasteiger partial charge in [-0.1, -0.05) is 0 Å². The first-order valence-electron chi connectivity index (χ1n) is 6.05. The van der Waals surface area contributed by atoms with Crippen molar-refractivity contribution in [2.75, 3.05) is 20.2 Å². The Morgan fingerprint density at radius 3 is 2.00 bits per heavy atom. The maximum atomic E-state index is 11.5. The first-order valence-corrected chi connectivity index (χ1v) is 6.05. The van der Waals surface area contributed by atoms with Crippen LogP contribution in [0, 0.1) is 0 Å². The number of likely N-dealkylation sites (N-methyl/N-ethyl adjacent to an activating group) is 1. The first kappa shape index (κ1) is 18.1. The molecule has 0 heterocycles. The molecule has 0 rings (SSSR count). The highest BCUT2D eigenvalue weighted by atomic mass is 16.4. The van der Waals surface area contributed by atoms with Crippen LogP contribution >= 0.6 is 0 Å². The smallest absolute Gasteiger partial charge is 0.317 e. The van der Waals surface area contributed by atoms with Crippen molar-refractivity contribution >= 4 is 6.03 Å². The molecule has 0 bridgehead atoms. The SMILES string of the molecule is CC(C)NC(=O)N(C)C[C@H](O)[C@@H](O)[C@H](O)[C@H](O)CO. The molecule has 6 N–H and O–H groups in total. The zero-order chi connectivity index (χ0) is 15.2. The fraction of sp³-hybridized carbons (Fsp3) is 0.909. The van der Waals surface area contributed by atoms with Crippen molar-refractivity contribution in [3.8, 4) is 0 Å². The Morgan fingerprint density at radius 2 is 1.58 bits per heavy atom. The summed E-state index contributed by atoms with van der Waals surface area (Å²) in [5, 5.41) is 49.0. The number of amides is 2. The molecule has 0 aliphatic carbocycles. The van der Waals surface area contributed by atoms with Crippen LogP contribution in [0.2, 0.25) is 0 Å². The highest BCUT2D eigenvalue weighted by molar-refractivity contribution is 5.74. The summed E-state index contributed by atoms with van der Waals surface area (Å²) >= 11 is 0. The number of nitrogens with zero attached hydrogens (tertiary/aromatic N) is 1. The maximum absolute atomic E-state index is 11.5. The minimum atomic E-state index is -1.69. The Balaban J connectivity index is 4.35. The number of aliphatic hydroxyl groups excluding tert-OH is 5. The van der Waals surface area contributed by atoms with E-state index in [0.29, 0.717) is 0 Å². The summed E-state index contributed by atoms with van der Waals surface area (Å²) in [7, 11) is 1.42. The topological polar surface area (TPSA) is 133 Å². The molecular formula is C11H24N2O6. The first-order chi connectivity index (χ1) is 8.70. The standard InChI is InChI=1S/C11H24N2O6/c1-6(2)12-11(19)13(3)4-7(15)9(17)10(18)8(16)5-14/h6-10,14-18H,4-5H2,1-3H3,(H,12,19)/t7-,8+,9+,10+/m0/s1. The second-order valence-corrected chi connectivity index (χ2v) is 4.78. The van der Waals surface area contributed by atoms with Gasteiger partial charge in [0.2, 0.25) is 0 Å². The van der Waals surface area contributed by atoms with Gasteiger partial charge in [-0.15, -0.1) is 0 Å². The van der Waals surface area contributed by atoms with Crippen LogP contribution in [-0.4, -0.2) is 87.1 Å². The minimum Gasteiger partial charge on any atom is -0.394 e. The van der Waals surface area contributed by atoms with E-state index >= 15 is 0 Å². The zero-order valence-electron chi connectivity index (χ0n) is 11.4. The van der Waals surface area contributed by atoms with Gasteiger partial charge >= 0.3 is 6.03 Å². The summed E-state index contributed by atoms with van der Waals surface area (Å²) in [6, 6.07) is -0.503. The number of urea groups is 1. The quantitative estimate of drug-likeness (QED) is 0.305. The Hall–Kier alpha value is -0.930. The third-order valence-corrected chi connectivity index (χ3v) is 2.55. The average Bonchev–Trinajstić information content (AvgIpc) is 2.34. The van der Waals surface area contributed by atoms with Gasteiger partial charge in [0, 0.05) is 13.1 Å². The van der Waals surface area contributed by atoms with Crippen LogP contribution in [0.3, 0.4) is 0 Å². The summed E-state index contributed by atoms with van der Waals surface area (Å²) in [6.45, 7) is 2.58. The molecule has 2 amide bonds. The van der Waals surface area contributed by atoms with Crippen LogP contribution in [0.1, 0.15) is 13.8 Å². The van der Waals surface area contributed by atoms with Gasteiger partial charge in [-0.25, -0.2) is 4.79 Å². The van der Waals surface area contributed by atoms with Crippen molar-refractivity contribution in [1.29, 1.82) is 0 Å². The van der Waals surface area contributed by atoms with E-state index in [0.717, 1.165) is 4.90 Å². The predicted molar refractivity (Wildman–Crippen MR) is 67.4 cm³/mol. The van der Waals surface area contributed by atoms with Gasteiger partial charge < -0.3 is 35.7 Å². The van der Waals surface area contributed by atoms with Gasteiger partial charge in [0.15, 0.2) is 0 Å². The highest BCUT2D eigenvalue weighted by Crippen LogP contribution is 2.06. The van der Waals surface area contributed by atoms with E-state index in [4.69, 9.17) is 10.2 Å². The van der Waals surface area contributed by atoms with Gasteiger partial charge in [-0.3, -0.25) is 0 Å². The Kier molecular flexibility index (Phi) is 7.88. The van der Waals surface area contributed by atoms with Gasteiger partial charge in [0.25, 0.3) is 0 Å². The number of hydrogen-bond donors (Lipinski definition) is 6. The summed E-state index contributed by atoms with van der Waals surface area (Å²) in [5.74, 6) is 0. The monoisotopic (exact) mass is 280 g/mol. The molecule has 0 saturated carbocycles. The molecule has 0 aliphatic heterocycles. The summed E-state index contributed by atoms with van der Waals surface area (Å²) in [6.07, 6.45) is -6.36.